The molecule has 0 fully saturated rings. The molecule has 2 atom stereocenters. The molecule has 1 aliphatic carbocycles. The number of nitrogens with one attached hydrogen (secondary N) is 1. The topological polar surface area (TPSA) is 94.8 Å². The van der Waals surface area contributed by atoms with E-state index in [1.54, 1.807) is 6.20 Å². The van der Waals surface area contributed by atoms with E-state index in [9.17, 15) is 0 Å². The quantitative estimate of drug-likeness (QED) is 0.677. The summed E-state index contributed by atoms with van der Waals surface area (Å²) in [6.45, 7) is 1.90. The summed E-state index contributed by atoms with van der Waals surface area (Å²) in [6.07, 6.45) is 9.55. The van der Waals surface area contributed by atoms with Gasteiger partial charge in [0.1, 0.15) is 0 Å². The van der Waals surface area contributed by atoms with Gasteiger partial charge in [-0.25, -0.2) is 9.97 Å². The van der Waals surface area contributed by atoms with E-state index in [-0.39, 0.29) is 6.04 Å². The molecule has 6 nitrogen and oxygen atoms in total. The van der Waals surface area contributed by atoms with Gasteiger partial charge < -0.3 is 21.4 Å². The number of hydrogen-bond acceptors (Lipinski definition) is 5. The predicted molar refractivity (Wildman–Crippen MR) is 105 cm³/mol. The minimum Gasteiger partial charge on any atom is -0.350 e. The van der Waals surface area contributed by atoms with E-state index in [1.807, 2.05) is 50.4 Å². The van der Waals surface area contributed by atoms with E-state index in [0.29, 0.717) is 5.95 Å². The molecular formula is C20H22N6. The van der Waals surface area contributed by atoms with Gasteiger partial charge in [0.2, 0.25) is 5.95 Å². The number of anilines is 1. The third kappa shape index (κ3) is 2.89. The highest BCUT2D eigenvalue weighted by molar-refractivity contribution is 5.95. The van der Waals surface area contributed by atoms with Gasteiger partial charge in [-0.05, 0) is 31.2 Å². The largest absolute Gasteiger partial charge is 0.350 e. The molecule has 2 aromatic heterocycles. The van der Waals surface area contributed by atoms with E-state index in [4.69, 9.17) is 11.5 Å². The van der Waals surface area contributed by atoms with E-state index >= 15 is 0 Å². The highest BCUT2D eigenvalue weighted by Gasteiger charge is 2.25. The van der Waals surface area contributed by atoms with E-state index in [0.717, 1.165) is 22.3 Å². The normalized spacial score (nSPS) is 22.5. The van der Waals surface area contributed by atoms with Crippen LogP contribution in [0.15, 0.2) is 66.7 Å². The average Bonchev–Trinajstić information content (AvgIpc) is 2.96. The summed E-state index contributed by atoms with van der Waals surface area (Å²) in [7, 11) is 2.04. The molecule has 1 aliphatic rings. The molecule has 4 rings (SSSR count). The van der Waals surface area contributed by atoms with Gasteiger partial charge in [0.05, 0.1) is 11.2 Å². The first-order valence-corrected chi connectivity index (χ1v) is 8.54. The molecule has 2 unspecified atom stereocenters. The van der Waals surface area contributed by atoms with Crippen molar-refractivity contribution in [2.75, 3.05) is 5.32 Å². The number of aromatic nitrogens is 3. The Kier molecular flexibility index (Phi) is 3.86. The molecule has 0 bridgehead atoms. The van der Waals surface area contributed by atoms with Crippen molar-refractivity contribution in [3.63, 3.8) is 0 Å². The van der Waals surface area contributed by atoms with Crippen LogP contribution in [0.3, 0.4) is 0 Å². The van der Waals surface area contributed by atoms with Crippen LogP contribution in [0, 0.1) is 0 Å². The lowest BCUT2D eigenvalue weighted by atomic mass is 9.89. The maximum absolute atomic E-state index is 6.11. The summed E-state index contributed by atoms with van der Waals surface area (Å²) < 4.78 is 2.10. The Bertz CT molecular complexity index is 1030. The molecule has 0 radical (unpaired) electrons. The van der Waals surface area contributed by atoms with Crippen LogP contribution in [0.25, 0.3) is 22.2 Å². The molecule has 0 aliphatic heterocycles. The van der Waals surface area contributed by atoms with Crippen LogP contribution in [0.4, 0.5) is 5.95 Å². The van der Waals surface area contributed by atoms with Crippen LogP contribution >= 0.6 is 0 Å². The van der Waals surface area contributed by atoms with Crippen LogP contribution in [0.5, 0.6) is 0 Å². The molecule has 0 saturated heterocycles. The summed E-state index contributed by atoms with van der Waals surface area (Å²) in [4.78, 5) is 9.01. The Morgan fingerprint density at radius 2 is 2.04 bits per heavy atom. The molecule has 2 heterocycles. The lowest BCUT2D eigenvalue weighted by Gasteiger charge is -2.29. The first-order chi connectivity index (χ1) is 12.4. The number of benzene rings is 1. The molecule has 0 saturated carbocycles. The van der Waals surface area contributed by atoms with Crippen molar-refractivity contribution >= 4 is 16.9 Å². The minimum absolute atomic E-state index is 0.267. The molecule has 6 heteroatoms. The summed E-state index contributed by atoms with van der Waals surface area (Å²) in [5.41, 5.74) is 15.6. The van der Waals surface area contributed by atoms with Gasteiger partial charge in [-0.15, -0.1) is 0 Å². The van der Waals surface area contributed by atoms with Gasteiger partial charge in [-0.1, -0.05) is 24.3 Å². The Morgan fingerprint density at radius 1 is 1.23 bits per heavy atom. The zero-order valence-corrected chi connectivity index (χ0v) is 14.8. The average molecular weight is 346 g/mol. The van der Waals surface area contributed by atoms with Gasteiger partial charge in [0.25, 0.3) is 0 Å². The standard InChI is InChI=1S/C20H22N6/c1-20(22)9-7-13(11-18(20)21)24-19-23-10-8-16(25-19)15-12-26(2)17-6-4-3-5-14(15)17/h3-12,18H,21-22H2,1-2H3,(H,23,24,25). The van der Waals surface area contributed by atoms with Gasteiger partial charge >= 0.3 is 0 Å². The maximum Gasteiger partial charge on any atom is 0.227 e. The minimum atomic E-state index is -0.545. The van der Waals surface area contributed by atoms with Crippen LogP contribution in [-0.2, 0) is 7.05 Å². The zero-order valence-electron chi connectivity index (χ0n) is 14.8. The first kappa shape index (κ1) is 16.5. The van der Waals surface area contributed by atoms with Gasteiger partial charge in [-0.2, -0.15) is 0 Å². The Balaban J connectivity index is 1.67. The maximum atomic E-state index is 6.11. The highest BCUT2D eigenvalue weighted by Crippen LogP contribution is 2.29. The number of fused-ring (bicyclic) bond motifs is 1. The van der Waals surface area contributed by atoms with Crippen molar-refractivity contribution in [2.45, 2.75) is 18.5 Å². The van der Waals surface area contributed by atoms with E-state index in [2.05, 4.69) is 38.2 Å². The lowest BCUT2D eigenvalue weighted by Crippen LogP contribution is -2.51. The van der Waals surface area contributed by atoms with Crippen molar-refractivity contribution in [3.8, 4) is 11.3 Å². The molecule has 1 aromatic carbocycles. The Labute approximate surface area is 152 Å². The molecule has 26 heavy (non-hydrogen) atoms. The van der Waals surface area contributed by atoms with Crippen molar-refractivity contribution in [1.29, 1.82) is 0 Å². The molecule has 5 N–H and O–H groups in total. The van der Waals surface area contributed by atoms with Crippen LogP contribution in [0.2, 0.25) is 0 Å². The van der Waals surface area contributed by atoms with Gasteiger partial charge in [-0.3, -0.25) is 0 Å². The fourth-order valence-electron chi connectivity index (χ4n) is 3.14. The first-order valence-electron chi connectivity index (χ1n) is 8.54. The highest BCUT2D eigenvalue weighted by atomic mass is 15.1. The number of para-hydroxylation sites is 1. The van der Waals surface area contributed by atoms with Gasteiger partial charge in [0.15, 0.2) is 0 Å². The van der Waals surface area contributed by atoms with Crippen LogP contribution < -0.4 is 16.8 Å². The van der Waals surface area contributed by atoms with Crippen molar-refractivity contribution in [2.24, 2.45) is 18.5 Å². The number of nitrogens with zero attached hydrogens (tertiary/aromatic N) is 3. The second-order valence-electron chi connectivity index (χ2n) is 6.91. The summed E-state index contributed by atoms with van der Waals surface area (Å²) in [5.74, 6) is 0.527. The monoisotopic (exact) mass is 346 g/mol. The predicted octanol–water partition coefficient (Wildman–Crippen LogP) is 2.55. The number of nitrogens with two attached hydrogens (primary N) is 2. The fraction of sp³-hybridized carbons (Fsp3) is 0.200. The van der Waals surface area contributed by atoms with Crippen molar-refractivity contribution in [1.82, 2.24) is 14.5 Å². The number of aryl methyl sites for hydroxylation is 1. The van der Waals surface area contributed by atoms with E-state index < -0.39 is 5.54 Å². The van der Waals surface area contributed by atoms with Gasteiger partial charge in [0, 0.05) is 47.6 Å². The third-order valence-electron chi connectivity index (χ3n) is 4.78. The number of hydrogen-bond donors (Lipinski definition) is 3. The molecule has 132 valence electrons. The lowest BCUT2D eigenvalue weighted by molar-refractivity contribution is 0.512. The van der Waals surface area contributed by atoms with E-state index in [1.165, 1.54) is 5.52 Å². The Hall–Kier alpha value is -2.96. The van der Waals surface area contributed by atoms with Crippen molar-refractivity contribution in [3.05, 3.63) is 66.7 Å². The summed E-state index contributed by atoms with van der Waals surface area (Å²) in [6, 6.07) is 9.93. The zero-order chi connectivity index (χ0) is 18.3. The molecule has 0 amide bonds. The number of allylic oxidation sites excluding steroid dienone is 1. The Morgan fingerprint density at radius 3 is 2.85 bits per heavy atom. The fourth-order valence-corrected chi connectivity index (χ4v) is 3.14. The summed E-state index contributed by atoms with van der Waals surface area (Å²) >= 11 is 0. The van der Waals surface area contributed by atoms with Crippen LogP contribution in [-0.4, -0.2) is 26.1 Å². The smallest absolute Gasteiger partial charge is 0.227 e. The second kappa shape index (κ2) is 6.09. The third-order valence-corrected chi connectivity index (χ3v) is 4.78. The second-order valence-corrected chi connectivity index (χ2v) is 6.91. The SMILES string of the molecule is Cn1cc(-c2ccnc(NC3=CC(N)C(C)(N)C=C3)n2)c2ccccc21. The molecular weight excluding hydrogens is 324 g/mol. The van der Waals surface area contributed by atoms with Crippen molar-refractivity contribution < 1.29 is 0 Å². The molecule has 0 spiro atoms. The number of rotatable bonds is 3. The summed E-state index contributed by atoms with van der Waals surface area (Å²) in [5, 5.41) is 4.39. The molecule has 3 aromatic rings. The van der Waals surface area contributed by atoms with Crippen LogP contribution in [0.1, 0.15) is 6.92 Å².